The van der Waals surface area contributed by atoms with Crippen LogP contribution in [0.2, 0.25) is 0 Å². The molecule has 6 heteroatoms. The molecule has 0 fully saturated rings. The van der Waals surface area contributed by atoms with Gasteiger partial charge >= 0.3 is 5.97 Å². The molecule has 0 bridgehead atoms. The highest BCUT2D eigenvalue weighted by Gasteiger charge is 2.19. The van der Waals surface area contributed by atoms with Crippen molar-refractivity contribution in [2.75, 3.05) is 14.1 Å². The number of aromatic carboxylic acids is 1. The molecule has 0 aromatic carbocycles. The normalized spacial score (nSPS) is 18.2. The van der Waals surface area contributed by atoms with Gasteiger partial charge in [-0.05, 0) is 0 Å². The summed E-state index contributed by atoms with van der Waals surface area (Å²) in [4.78, 5) is 17.7. The van der Waals surface area contributed by atoms with Crippen molar-refractivity contribution >= 4 is 5.97 Å². The molecule has 0 saturated carbocycles. The quantitative estimate of drug-likeness (QED) is 0.732. The highest BCUT2D eigenvalue weighted by Crippen LogP contribution is 2.22. The van der Waals surface area contributed by atoms with Crippen LogP contribution in [-0.2, 0) is 0 Å². The van der Waals surface area contributed by atoms with E-state index < -0.39 is 37.4 Å². The number of methoxy groups -OCH3 is 2. The fourth-order valence-corrected chi connectivity index (χ4v) is 0.692. The minimum atomic E-state index is -2.95. The first kappa shape index (κ1) is 3.91. The van der Waals surface area contributed by atoms with E-state index in [1.165, 1.54) is 0 Å². The number of aromatic nitrogens is 2. The molecule has 1 rings (SSSR count). The SMILES string of the molecule is [2H]C([2H])([2H])Oc1ncnc(OC([2H])([2H])[2H])c1C(=O)O. The molecule has 70 valence electrons. The first-order chi connectivity index (χ1) is 8.49. The number of hydrogen-bond acceptors (Lipinski definition) is 5. The summed E-state index contributed by atoms with van der Waals surface area (Å²) in [6, 6.07) is 0. The summed E-state index contributed by atoms with van der Waals surface area (Å²) in [7, 11) is -5.90. The van der Waals surface area contributed by atoms with Crippen molar-refractivity contribution < 1.29 is 27.6 Å². The summed E-state index contributed by atoms with van der Waals surface area (Å²) >= 11 is 0. The van der Waals surface area contributed by atoms with Crippen molar-refractivity contribution in [3.05, 3.63) is 11.9 Å². The molecule has 0 aliphatic heterocycles. The monoisotopic (exact) mass is 190 g/mol. The molecule has 0 aliphatic carbocycles. The molecule has 0 atom stereocenters. The number of ether oxygens (including phenoxy) is 2. The number of hydrogen-bond donors (Lipinski definition) is 1. The van der Waals surface area contributed by atoms with Gasteiger partial charge < -0.3 is 14.6 Å². The molecular weight excluding hydrogens is 176 g/mol. The molecule has 0 saturated heterocycles. The average molecular weight is 190 g/mol. The molecule has 0 amide bonds. The van der Waals surface area contributed by atoms with Gasteiger partial charge in [0, 0.05) is 0 Å². The summed E-state index contributed by atoms with van der Waals surface area (Å²) in [5, 5.41) is 8.93. The zero-order valence-corrected chi connectivity index (χ0v) is 6.14. The van der Waals surface area contributed by atoms with Crippen LogP contribution < -0.4 is 9.47 Å². The van der Waals surface area contributed by atoms with Gasteiger partial charge in [0.25, 0.3) is 0 Å². The number of nitrogens with zero attached hydrogens (tertiary/aromatic N) is 2. The predicted octanol–water partition coefficient (Wildman–Crippen LogP) is 0.192. The van der Waals surface area contributed by atoms with Gasteiger partial charge in [-0.2, -0.15) is 0 Å². The van der Waals surface area contributed by atoms with Crippen molar-refractivity contribution in [2.45, 2.75) is 0 Å². The van der Waals surface area contributed by atoms with Crippen LogP contribution in [0.1, 0.15) is 18.6 Å². The van der Waals surface area contributed by atoms with Crippen LogP contribution in [0, 0.1) is 0 Å². The maximum atomic E-state index is 11.0. The second-order valence-corrected chi connectivity index (χ2v) is 1.87. The van der Waals surface area contributed by atoms with Gasteiger partial charge in [0.1, 0.15) is 6.33 Å². The Hall–Kier alpha value is -1.85. The van der Waals surface area contributed by atoms with Crippen LogP contribution in [-0.4, -0.2) is 35.1 Å². The van der Waals surface area contributed by atoms with E-state index in [1.807, 2.05) is 0 Å². The van der Waals surface area contributed by atoms with Crippen LogP contribution >= 0.6 is 0 Å². The fraction of sp³-hybridized carbons (Fsp3) is 0.286. The first-order valence-electron chi connectivity index (χ1n) is 5.96. The summed E-state index contributed by atoms with van der Waals surface area (Å²) < 4.78 is 49.9. The van der Waals surface area contributed by atoms with Gasteiger partial charge in [0.05, 0.1) is 22.3 Å². The van der Waals surface area contributed by atoms with Crippen LogP contribution in [0.25, 0.3) is 0 Å². The van der Waals surface area contributed by atoms with Crippen LogP contribution in [0.4, 0.5) is 0 Å². The summed E-state index contributed by atoms with van der Waals surface area (Å²) in [6.07, 6.45) is 0.731. The Balaban J connectivity index is 3.26. The molecule has 0 radical (unpaired) electrons. The molecular formula is C7H8N2O4. The molecule has 6 nitrogen and oxygen atoms in total. The van der Waals surface area contributed by atoms with Crippen LogP contribution in [0.5, 0.6) is 11.8 Å². The Labute approximate surface area is 82.6 Å². The van der Waals surface area contributed by atoms with Gasteiger partial charge in [-0.1, -0.05) is 0 Å². The summed E-state index contributed by atoms with van der Waals surface area (Å²) in [6.45, 7) is 0. The maximum absolute atomic E-state index is 11.0. The van der Waals surface area contributed by atoms with Gasteiger partial charge in [0.2, 0.25) is 11.8 Å². The topological polar surface area (TPSA) is 81.5 Å². The van der Waals surface area contributed by atoms with E-state index in [0.717, 1.165) is 6.33 Å². The van der Waals surface area contributed by atoms with E-state index in [0.29, 0.717) is 0 Å². The van der Waals surface area contributed by atoms with Crippen LogP contribution in [0.15, 0.2) is 6.33 Å². The van der Waals surface area contributed by atoms with E-state index >= 15 is 0 Å². The Morgan fingerprint density at radius 1 is 1.46 bits per heavy atom. The lowest BCUT2D eigenvalue weighted by Gasteiger charge is -2.05. The smallest absolute Gasteiger partial charge is 0.346 e. The van der Waals surface area contributed by atoms with E-state index in [4.69, 9.17) is 13.3 Å². The minimum absolute atomic E-state index is 0.731. The van der Waals surface area contributed by atoms with Crippen molar-refractivity contribution in [1.82, 2.24) is 9.97 Å². The van der Waals surface area contributed by atoms with E-state index in [-0.39, 0.29) is 0 Å². The van der Waals surface area contributed by atoms with Crippen LogP contribution in [0.3, 0.4) is 0 Å². The first-order valence-corrected chi connectivity index (χ1v) is 2.96. The van der Waals surface area contributed by atoms with E-state index in [1.54, 1.807) is 0 Å². The van der Waals surface area contributed by atoms with Crippen molar-refractivity contribution in [1.29, 1.82) is 0 Å². The third-order valence-corrected chi connectivity index (χ3v) is 1.18. The average Bonchev–Trinajstić information content (AvgIpc) is 2.11. The largest absolute Gasteiger partial charge is 0.480 e. The molecule has 0 unspecified atom stereocenters. The third kappa shape index (κ3) is 1.66. The highest BCUT2D eigenvalue weighted by molar-refractivity contribution is 5.92. The number of carbonyl (C=O) groups is 1. The molecule has 1 aromatic heterocycles. The lowest BCUT2D eigenvalue weighted by molar-refractivity contribution is 0.0687. The number of rotatable bonds is 3. The number of carboxylic acids is 1. The number of carboxylic acid groups (broad SMARTS) is 1. The second kappa shape index (κ2) is 3.70. The standard InChI is InChI=1S/C7H8N2O4/c1-12-5-4(7(10)11)6(13-2)9-3-8-5/h3H,1-2H3,(H,10,11)/i1D3,2D3. The third-order valence-electron chi connectivity index (χ3n) is 1.18. The Morgan fingerprint density at radius 2 is 2.00 bits per heavy atom. The molecule has 1 heterocycles. The van der Waals surface area contributed by atoms with E-state index in [9.17, 15) is 4.79 Å². The van der Waals surface area contributed by atoms with Gasteiger partial charge in [-0.15, -0.1) is 0 Å². The molecule has 0 spiro atoms. The molecule has 0 aliphatic rings. The zero-order valence-electron chi connectivity index (χ0n) is 12.1. The van der Waals surface area contributed by atoms with Crippen molar-refractivity contribution in [3.8, 4) is 11.8 Å². The molecule has 1 N–H and O–H groups in total. The molecule has 13 heavy (non-hydrogen) atoms. The van der Waals surface area contributed by atoms with E-state index in [2.05, 4.69) is 19.4 Å². The summed E-state index contributed by atoms with van der Waals surface area (Å²) in [5.41, 5.74) is -0.880. The minimum Gasteiger partial charge on any atom is -0.480 e. The summed E-state index contributed by atoms with van der Waals surface area (Å²) in [5.74, 6) is -3.29. The lowest BCUT2D eigenvalue weighted by atomic mass is 10.3. The van der Waals surface area contributed by atoms with Crippen molar-refractivity contribution in [2.24, 2.45) is 0 Å². The van der Waals surface area contributed by atoms with Gasteiger partial charge in [-0.25, -0.2) is 14.8 Å². The second-order valence-electron chi connectivity index (χ2n) is 1.87. The maximum Gasteiger partial charge on any atom is 0.346 e. The van der Waals surface area contributed by atoms with Crippen molar-refractivity contribution in [3.63, 3.8) is 0 Å². The predicted molar refractivity (Wildman–Crippen MR) is 42.1 cm³/mol. The molecule has 1 aromatic rings. The Morgan fingerprint density at radius 3 is 2.38 bits per heavy atom. The van der Waals surface area contributed by atoms with Gasteiger partial charge in [-0.3, -0.25) is 0 Å². The van der Waals surface area contributed by atoms with Gasteiger partial charge in [0.15, 0.2) is 5.56 Å². The Bertz CT molecular complexity index is 451. The lowest BCUT2D eigenvalue weighted by Crippen LogP contribution is -2.06. The zero-order chi connectivity index (χ0) is 14.8. The highest BCUT2D eigenvalue weighted by atomic mass is 16.5. The fourth-order valence-electron chi connectivity index (χ4n) is 0.692. The Kier molecular flexibility index (Phi) is 1.11.